The van der Waals surface area contributed by atoms with Crippen LogP contribution in [0.2, 0.25) is 0 Å². The molecule has 0 radical (unpaired) electrons. The van der Waals surface area contributed by atoms with Crippen LogP contribution in [0, 0.1) is 10.1 Å². The molecule has 0 fully saturated rings. The third-order valence-corrected chi connectivity index (χ3v) is 5.98. The Hall–Kier alpha value is -4.44. The van der Waals surface area contributed by atoms with E-state index in [1.807, 2.05) is 68.5 Å². The molecule has 0 saturated heterocycles. The first-order chi connectivity index (χ1) is 17.8. The molecule has 1 heterocycles. The average Bonchev–Trinajstić information content (AvgIpc) is 3.29. The van der Waals surface area contributed by atoms with Crippen LogP contribution in [0.3, 0.4) is 0 Å². The highest BCUT2D eigenvalue weighted by molar-refractivity contribution is 6.10. The number of hydrogen-bond acceptors (Lipinski definition) is 7. The lowest BCUT2D eigenvalue weighted by molar-refractivity contribution is -0.385. The number of carbonyl (C=O) groups is 1. The van der Waals surface area contributed by atoms with Crippen molar-refractivity contribution >= 4 is 34.0 Å². The topological polar surface area (TPSA) is 117 Å². The van der Waals surface area contributed by atoms with Gasteiger partial charge in [0, 0.05) is 30.7 Å². The van der Waals surface area contributed by atoms with Gasteiger partial charge in [0.1, 0.15) is 17.9 Å². The van der Waals surface area contributed by atoms with Gasteiger partial charge < -0.3 is 19.9 Å². The molecular formula is C27H30N6O4. The smallest absolute Gasteiger partial charge is 0.284 e. The van der Waals surface area contributed by atoms with Gasteiger partial charge in [-0.25, -0.2) is 0 Å². The van der Waals surface area contributed by atoms with Crippen LogP contribution in [0.5, 0.6) is 5.75 Å². The van der Waals surface area contributed by atoms with Crippen molar-refractivity contribution in [2.45, 2.75) is 13.0 Å². The van der Waals surface area contributed by atoms with Crippen molar-refractivity contribution in [3.8, 4) is 5.75 Å². The molecule has 0 unspecified atom stereocenters. The molecule has 0 spiro atoms. The lowest BCUT2D eigenvalue weighted by Gasteiger charge is -2.20. The van der Waals surface area contributed by atoms with Gasteiger partial charge in [-0.15, -0.1) is 0 Å². The van der Waals surface area contributed by atoms with Gasteiger partial charge in [0.05, 0.1) is 10.4 Å². The molecule has 3 aromatic carbocycles. The number of H-pyrrole nitrogens is 1. The molecule has 2 N–H and O–H groups in total. The Morgan fingerprint density at radius 1 is 1.05 bits per heavy atom. The standard InChI is InChI=1S/C27H30N6O4/c1-31(2)14-7-15-32(3)20-10-12-22(25(16-20)33(35)36)27(34)28-26-23-17-21(11-13-24(23)29-30-26)37-18-19-8-5-4-6-9-19/h4-6,8-13,16-17H,7,14-15,18H2,1-3H3,(H2,28,29,30,34). The van der Waals surface area contributed by atoms with E-state index in [0.717, 1.165) is 25.1 Å². The fourth-order valence-corrected chi connectivity index (χ4v) is 3.95. The number of carbonyl (C=O) groups excluding carboxylic acids is 1. The maximum absolute atomic E-state index is 13.1. The van der Waals surface area contributed by atoms with E-state index in [9.17, 15) is 14.9 Å². The number of nitro groups is 1. The second-order valence-electron chi connectivity index (χ2n) is 9.04. The van der Waals surface area contributed by atoms with E-state index in [4.69, 9.17) is 4.74 Å². The average molecular weight is 503 g/mol. The minimum atomic E-state index is -0.613. The maximum Gasteiger partial charge on any atom is 0.284 e. The number of ether oxygens (including phenoxy) is 1. The van der Waals surface area contributed by atoms with Crippen molar-refractivity contribution in [3.63, 3.8) is 0 Å². The molecule has 1 amide bonds. The molecule has 0 aliphatic rings. The maximum atomic E-state index is 13.1. The van der Waals surface area contributed by atoms with E-state index in [1.165, 1.54) is 12.1 Å². The molecule has 192 valence electrons. The lowest BCUT2D eigenvalue weighted by Crippen LogP contribution is -2.23. The number of amides is 1. The van der Waals surface area contributed by atoms with Crippen LogP contribution in [-0.4, -0.2) is 60.2 Å². The van der Waals surface area contributed by atoms with Crippen LogP contribution >= 0.6 is 0 Å². The number of fused-ring (bicyclic) bond motifs is 1. The quantitative estimate of drug-likeness (QED) is 0.226. The summed E-state index contributed by atoms with van der Waals surface area (Å²) in [5.74, 6) is 0.266. The second kappa shape index (κ2) is 11.5. The van der Waals surface area contributed by atoms with Crippen LogP contribution in [0.15, 0.2) is 66.7 Å². The highest BCUT2D eigenvalue weighted by atomic mass is 16.6. The number of nitrogens with one attached hydrogen (secondary N) is 2. The Morgan fingerprint density at radius 2 is 1.84 bits per heavy atom. The molecule has 0 saturated carbocycles. The first-order valence-electron chi connectivity index (χ1n) is 11.9. The van der Waals surface area contributed by atoms with Crippen molar-refractivity contribution in [2.24, 2.45) is 0 Å². The van der Waals surface area contributed by atoms with Crippen molar-refractivity contribution in [1.29, 1.82) is 0 Å². The third kappa shape index (κ3) is 6.42. The van der Waals surface area contributed by atoms with Crippen LogP contribution in [0.25, 0.3) is 10.9 Å². The van der Waals surface area contributed by atoms with Gasteiger partial charge in [-0.05, 0) is 63.0 Å². The largest absolute Gasteiger partial charge is 0.489 e. The van der Waals surface area contributed by atoms with Gasteiger partial charge in [-0.3, -0.25) is 20.0 Å². The van der Waals surface area contributed by atoms with Crippen molar-refractivity contribution < 1.29 is 14.5 Å². The van der Waals surface area contributed by atoms with Gasteiger partial charge in [0.2, 0.25) is 0 Å². The number of aromatic nitrogens is 2. The molecule has 4 aromatic rings. The number of hydrogen-bond donors (Lipinski definition) is 2. The number of nitro benzene ring substituents is 1. The molecule has 10 heteroatoms. The predicted octanol–water partition coefficient (Wildman–Crippen LogP) is 4.69. The summed E-state index contributed by atoms with van der Waals surface area (Å²) in [5, 5.41) is 22.2. The number of aromatic amines is 1. The van der Waals surface area contributed by atoms with Crippen molar-refractivity contribution in [2.75, 3.05) is 44.4 Å². The normalized spacial score (nSPS) is 11.0. The Labute approximate surface area is 215 Å². The lowest BCUT2D eigenvalue weighted by atomic mass is 10.1. The number of rotatable bonds is 11. The third-order valence-electron chi connectivity index (χ3n) is 5.98. The predicted molar refractivity (Wildman–Crippen MR) is 144 cm³/mol. The molecule has 4 rings (SSSR count). The van der Waals surface area contributed by atoms with Crippen molar-refractivity contribution in [1.82, 2.24) is 15.1 Å². The zero-order chi connectivity index (χ0) is 26.4. The van der Waals surface area contributed by atoms with Gasteiger partial charge in [-0.1, -0.05) is 30.3 Å². The van der Waals surface area contributed by atoms with E-state index >= 15 is 0 Å². The van der Waals surface area contributed by atoms with E-state index in [0.29, 0.717) is 28.9 Å². The Morgan fingerprint density at radius 3 is 2.57 bits per heavy atom. The van der Waals surface area contributed by atoms with E-state index in [2.05, 4.69) is 20.4 Å². The second-order valence-corrected chi connectivity index (χ2v) is 9.04. The first-order valence-corrected chi connectivity index (χ1v) is 11.9. The van der Waals surface area contributed by atoms with Gasteiger partial charge in [-0.2, -0.15) is 5.10 Å². The summed E-state index contributed by atoms with van der Waals surface area (Å²) in [6.07, 6.45) is 0.906. The molecule has 0 aliphatic heterocycles. The molecular weight excluding hydrogens is 472 g/mol. The molecule has 0 aliphatic carbocycles. The van der Waals surface area contributed by atoms with Crippen LogP contribution < -0.4 is 15.0 Å². The number of nitrogens with zero attached hydrogens (tertiary/aromatic N) is 4. The first kappa shape index (κ1) is 25.6. The summed E-state index contributed by atoms with van der Waals surface area (Å²) in [6, 6.07) is 19.8. The SMILES string of the molecule is CN(C)CCCN(C)c1ccc(C(=O)Nc2n[nH]c3ccc(OCc4ccccc4)cc23)c([N+](=O)[O-])c1. The molecule has 1 aromatic heterocycles. The zero-order valence-corrected chi connectivity index (χ0v) is 21.1. The fourth-order valence-electron chi connectivity index (χ4n) is 3.95. The van der Waals surface area contributed by atoms with Crippen molar-refractivity contribution in [3.05, 3.63) is 88.0 Å². The Kier molecular flexibility index (Phi) is 7.99. The minimum absolute atomic E-state index is 0.0388. The van der Waals surface area contributed by atoms with E-state index < -0.39 is 10.8 Å². The Balaban J connectivity index is 1.50. The summed E-state index contributed by atoms with van der Waals surface area (Å²) < 4.78 is 5.89. The Bertz CT molecular complexity index is 1390. The molecule has 37 heavy (non-hydrogen) atoms. The minimum Gasteiger partial charge on any atom is -0.489 e. The summed E-state index contributed by atoms with van der Waals surface area (Å²) in [7, 11) is 5.88. The summed E-state index contributed by atoms with van der Waals surface area (Å²) in [4.78, 5) is 28.4. The number of benzene rings is 3. The van der Waals surface area contributed by atoms with E-state index in [1.54, 1.807) is 12.1 Å². The highest BCUT2D eigenvalue weighted by Gasteiger charge is 2.23. The van der Waals surface area contributed by atoms with Crippen LogP contribution in [-0.2, 0) is 6.61 Å². The molecule has 0 atom stereocenters. The molecule has 0 bridgehead atoms. The van der Waals surface area contributed by atoms with Crippen LogP contribution in [0.1, 0.15) is 22.3 Å². The van der Waals surface area contributed by atoms with Gasteiger partial charge in [0.25, 0.3) is 11.6 Å². The monoisotopic (exact) mass is 502 g/mol. The number of anilines is 2. The fraction of sp³-hybridized carbons (Fsp3) is 0.259. The summed E-state index contributed by atoms with van der Waals surface area (Å²) in [6.45, 7) is 2.03. The summed E-state index contributed by atoms with van der Waals surface area (Å²) >= 11 is 0. The van der Waals surface area contributed by atoms with E-state index in [-0.39, 0.29) is 17.1 Å². The van der Waals surface area contributed by atoms with Gasteiger partial charge in [0.15, 0.2) is 5.82 Å². The molecule has 10 nitrogen and oxygen atoms in total. The highest BCUT2D eigenvalue weighted by Crippen LogP contribution is 2.29. The van der Waals surface area contributed by atoms with Crippen LogP contribution in [0.4, 0.5) is 17.2 Å². The van der Waals surface area contributed by atoms with Gasteiger partial charge >= 0.3 is 0 Å². The zero-order valence-electron chi connectivity index (χ0n) is 21.1. The summed E-state index contributed by atoms with van der Waals surface area (Å²) in [5.41, 5.74) is 2.10.